The number of halogens is 2. The minimum atomic E-state index is -0.943. The van der Waals surface area contributed by atoms with Gasteiger partial charge in [-0.05, 0) is 38.0 Å². The van der Waals surface area contributed by atoms with E-state index in [4.69, 9.17) is 0 Å². The largest absolute Gasteiger partial charge is 0.335 e. The van der Waals surface area contributed by atoms with E-state index in [0.717, 1.165) is 30.7 Å². The third-order valence-electron chi connectivity index (χ3n) is 4.91. The lowest BCUT2D eigenvalue weighted by atomic mass is 9.99. The molecule has 4 rings (SSSR count). The number of anilines is 1. The van der Waals surface area contributed by atoms with Crippen molar-refractivity contribution in [1.82, 2.24) is 14.9 Å². The van der Waals surface area contributed by atoms with Gasteiger partial charge in [-0.3, -0.25) is 9.78 Å². The Kier molecular flexibility index (Phi) is 5.30. The number of aromatic nitrogens is 2. The van der Waals surface area contributed by atoms with Gasteiger partial charge in [0.15, 0.2) is 12.0 Å². The zero-order valence-corrected chi connectivity index (χ0v) is 16.4. The molecule has 30 heavy (non-hydrogen) atoms. The Balaban J connectivity index is 1.50. The van der Waals surface area contributed by atoms with Crippen LogP contribution >= 0.6 is 0 Å². The molecule has 0 fully saturated rings. The first-order valence-corrected chi connectivity index (χ1v) is 9.42. The van der Waals surface area contributed by atoms with Gasteiger partial charge in [0.25, 0.3) is 5.91 Å². The molecule has 0 bridgehead atoms. The molecular formula is C20H19F2N7O. The van der Waals surface area contributed by atoms with Gasteiger partial charge < -0.3 is 10.2 Å². The molecule has 0 saturated heterocycles. The molecule has 3 heterocycles. The average Bonchev–Trinajstić information content (AvgIpc) is 3.15. The highest BCUT2D eigenvalue weighted by atomic mass is 19.1. The molecule has 1 aromatic heterocycles. The van der Waals surface area contributed by atoms with Crippen LogP contribution in [0.4, 0.5) is 14.6 Å². The van der Waals surface area contributed by atoms with Crippen LogP contribution in [-0.2, 0) is 0 Å². The monoisotopic (exact) mass is 411 g/mol. The van der Waals surface area contributed by atoms with Crippen molar-refractivity contribution in [1.29, 1.82) is 0 Å². The van der Waals surface area contributed by atoms with Gasteiger partial charge in [-0.25, -0.2) is 18.8 Å². The molecule has 2 aliphatic heterocycles. The maximum atomic E-state index is 13.8. The molecule has 1 atom stereocenters. The summed E-state index contributed by atoms with van der Waals surface area (Å²) in [5.74, 6) is -2.11. The van der Waals surface area contributed by atoms with E-state index in [1.54, 1.807) is 0 Å². The lowest BCUT2D eigenvalue weighted by Gasteiger charge is -2.29. The third-order valence-corrected chi connectivity index (χ3v) is 4.91. The Bertz CT molecular complexity index is 1060. The van der Waals surface area contributed by atoms with Crippen LogP contribution in [0.3, 0.4) is 0 Å². The topological polar surface area (TPSA) is 95.2 Å². The maximum Gasteiger partial charge on any atom is 0.262 e. The minimum Gasteiger partial charge on any atom is -0.335 e. The highest BCUT2D eigenvalue weighted by Gasteiger charge is 2.24. The van der Waals surface area contributed by atoms with E-state index in [0.29, 0.717) is 18.2 Å². The highest BCUT2D eigenvalue weighted by Crippen LogP contribution is 2.26. The number of guanidine groups is 1. The second-order valence-corrected chi connectivity index (χ2v) is 7.04. The van der Waals surface area contributed by atoms with Gasteiger partial charge in [-0.15, -0.1) is 5.11 Å². The quantitative estimate of drug-likeness (QED) is 0.834. The Morgan fingerprint density at radius 1 is 1.20 bits per heavy atom. The van der Waals surface area contributed by atoms with Gasteiger partial charge in [-0.2, -0.15) is 5.11 Å². The Labute approximate surface area is 171 Å². The molecule has 0 aliphatic carbocycles. The number of rotatable bonds is 3. The molecule has 8 nitrogen and oxygen atoms in total. The normalized spacial score (nSPS) is 18.6. The summed E-state index contributed by atoms with van der Waals surface area (Å²) in [7, 11) is 0. The number of nitrogens with zero attached hydrogens (tertiary/aromatic N) is 6. The summed E-state index contributed by atoms with van der Waals surface area (Å²) in [5.41, 5.74) is 2.15. The van der Waals surface area contributed by atoms with Gasteiger partial charge in [0.2, 0.25) is 5.96 Å². The zero-order valence-electron chi connectivity index (χ0n) is 16.4. The second kappa shape index (κ2) is 8.05. The smallest absolute Gasteiger partial charge is 0.262 e. The lowest BCUT2D eigenvalue weighted by Crippen LogP contribution is -2.35. The fourth-order valence-corrected chi connectivity index (χ4v) is 3.27. The second-order valence-electron chi connectivity index (χ2n) is 7.04. The summed E-state index contributed by atoms with van der Waals surface area (Å²) in [6.45, 7) is 5.26. The molecule has 0 radical (unpaired) electrons. The fraction of sp³-hybridized carbons (Fsp3) is 0.300. The van der Waals surface area contributed by atoms with E-state index in [1.807, 2.05) is 18.7 Å². The summed E-state index contributed by atoms with van der Waals surface area (Å²) in [6, 6.07) is 3.23. The molecular weight excluding hydrogens is 392 g/mol. The van der Waals surface area contributed by atoms with Gasteiger partial charge in [0, 0.05) is 13.1 Å². The van der Waals surface area contributed by atoms with Crippen LogP contribution < -0.4 is 5.32 Å². The molecule has 2 aliphatic rings. The highest BCUT2D eigenvalue weighted by molar-refractivity contribution is 6.04. The summed E-state index contributed by atoms with van der Waals surface area (Å²) >= 11 is 0. The lowest BCUT2D eigenvalue weighted by molar-refractivity contribution is 0.101. The van der Waals surface area contributed by atoms with Crippen molar-refractivity contribution >= 4 is 23.3 Å². The Morgan fingerprint density at radius 3 is 2.60 bits per heavy atom. The standard InChI is InChI=1S/C20H19F2N7O/c1-11-6-7-29(20-25-12(2)27-28-20)10-13(11)16-8-24-17(9-23-16)26-19(30)18-14(21)4-3-5-15(18)22/h3-5,8-9,12H,6-7,10H2,1-2H3,(H,24,26,30). The third kappa shape index (κ3) is 3.93. The van der Waals surface area contributed by atoms with E-state index in [2.05, 4.69) is 30.5 Å². The van der Waals surface area contributed by atoms with Gasteiger partial charge in [-0.1, -0.05) is 11.6 Å². The Morgan fingerprint density at radius 2 is 1.97 bits per heavy atom. The first-order chi connectivity index (χ1) is 14.4. The molecule has 0 saturated carbocycles. The number of carbonyl (C=O) groups excluding carboxylic acids is 1. The van der Waals surface area contributed by atoms with Crippen LogP contribution in [0.1, 0.15) is 36.3 Å². The van der Waals surface area contributed by atoms with Crippen molar-refractivity contribution in [2.75, 3.05) is 18.4 Å². The Hall–Kier alpha value is -3.56. The number of hydrogen-bond acceptors (Lipinski definition) is 7. The number of aliphatic imine (C=N–C) groups is 1. The van der Waals surface area contributed by atoms with Gasteiger partial charge in [0.1, 0.15) is 17.2 Å². The fourth-order valence-electron chi connectivity index (χ4n) is 3.27. The summed E-state index contributed by atoms with van der Waals surface area (Å²) in [5, 5.41) is 10.5. The van der Waals surface area contributed by atoms with Crippen LogP contribution in [0.25, 0.3) is 5.57 Å². The van der Waals surface area contributed by atoms with Crippen molar-refractivity contribution < 1.29 is 13.6 Å². The molecule has 1 amide bonds. The molecule has 10 heteroatoms. The maximum absolute atomic E-state index is 13.8. The van der Waals surface area contributed by atoms with Crippen LogP contribution in [0, 0.1) is 11.6 Å². The van der Waals surface area contributed by atoms with Crippen LogP contribution in [-0.4, -0.2) is 46.0 Å². The van der Waals surface area contributed by atoms with Crippen molar-refractivity contribution in [3.63, 3.8) is 0 Å². The van der Waals surface area contributed by atoms with E-state index < -0.39 is 23.1 Å². The van der Waals surface area contributed by atoms with Crippen LogP contribution in [0.5, 0.6) is 0 Å². The molecule has 1 unspecified atom stereocenters. The van der Waals surface area contributed by atoms with E-state index in [-0.39, 0.29) is 12.0 Å². The van der Waals surface area contributed by atoms with Crippen LogP contribution in [0.2, 0.25) is 0 Å². The summed E-state index contributed by atoms with van der Waals surface area (Å²) < 4.78 is 27.5. The molecule has 1 aromatic carbocycles. The number of hydrogen-bond donors (Lipinski definition) is 1. The number of nitrogens with one attached hydrogen (secondary N) is 1. The number of benzene rings is 1. The summed E-state index contributed by atoms with van der Waals surface area (Å²) in [4.78, 5) is 27.2. The first-order valence-electron chi connectivity index (χ1n) is 9.42. The van der Waals surface area contributed by atoms with E-state index in [9.17, 15) is 13.6 Å². The molecule has 0 spiro atoms. The first kappa shape index (κ1) is 19.7. The molecule has 2 aromatic rings. The van der Waals surface area contributed by atoms with E-state index in [1.165, 1.54) is 24.0 Å². The number of carbonyl (C=O) groups is 1. The predicted octanol–water partition coefficient (Wildman–Crippen LogP) is 3.65. The molecule has 1 N–H and O–H groups in total. The predicted molar refractivity (Wildman–Crippen MR) is 107 cm³/mol. The number of azo groups is 1. The number of amides is 1. The van der Waals surface area contributed by atoms with Crippen molar-refractivity contribution in [3.05, 3.63) is 59.1 Å². The van der Waals surface area contributed by atoms with Crippen molar-refractivity contribution in [2.45, 2.75) is 26.4 Å². The van der Waals surface area contributed by atoms with Gasteiger partial charge >= 0.3 is 0 Å². The average molecular weight is 411 g/mol. The molecule has 154 valence electrons. The van der Waals surface area contributed by atoms with E-state index >= 15 is 0 Å². The van der Waals surface area contributed by atoms with Crippen LogP contribution in [0.15, 0.2) is 51.4 Å². The zero-order chi connectivity index (χ0) is 21.3. The van der Waals surface area contributed by atoms with Gasteiger partial charge in [0.05, 0.1) is 18.1 Å². The SMILES string of the molecule is CC1=C(c2cnc(NC(=O)c3c(F)cccc3F)cn2)CN(C2=NC(C)N=N2)CC1. The van der Waals surface area contributed by atoms with Crippen molar-refractivity contribution in [2.24, 2.45) is 15.2 Å². The van der Waals surface area contributed by atoms with Crippen molar-refractivity contribution in [3.8, 4) is 0 Å². The minimum absolute atomic E-state index is 0.0973. The summed E-state index contributed by atoms with van der Waals surface area (Å²) in [6.07, 6.45) is 3.54.